The third kappa shape index (κ3) is 5.28. The molecule has 2 aromatic carbocycles. The number of nitrogens with zero attached hydrogens (tertiary/aromatic N) is 4. The van der Waals surface area contributed by atoms with Gasteiger partial charge in [-0.2, -0.15) is 4.98 Å². The standard InChI is InChI=1S/C23H18ClF3N4O5/c1-13(32)11-31-20(33)18-19(29(2)22(31)34)28-21(30(18)12-14-6-8-15(24)9-7-14)35-16-4-3-5-17(10-16)36-23(25,26)27/h3-10H,11-12H2,1-2H3. The minimum atomic E-state index is -4.90. The molecule has 0 amide bonds. The highest BCUT2D eigenvalue weighted by Crippen LogP contribution is 2.30. The van der Waals surface area contributed by atoms with Gasteiger partial charge in [0.2, 0.25) is 0 Å². The third-order valence-electron chi connectivity index (χ3n) is 5.08. The molecule has 9 nitrogen and oxygen atoms in total. The number of benzene rings is 2. The highest BCUT2D eigenvalue weighted by atomic mass is 35.5. The van der Waals surface area contributed by atoms with Crippen LogP contribution in [0.5, 0.6) is 17.5 Å². The number of Topliss-reactive ketones (excluding diaryl/α,β-unsaturated/α-hetero) is 1. The number of aryl methyl sites for hydroxylation is 1. The minimum absolute atomic E-state index is 0.0311. The van der Waals surface area contributed by atoms with Crippen LogP contribution in [0.15, 0.2) is 58.1 Å². The minimum Gasteiger partial charge on any atom is -0.425 e. The molecule has 0 fully saturated rings. The van der Waals surface area contributed by atoms with E-state index in [2.05, 4.69) is 9.72 Å². The Morgan fingerprint density at radius 2 is 1.72 bits per heavy atom. The molecule has 36 heavy (non-hydrogen) atoms. The number of ether oxygens (including phenoxy) is 2. The van der Waals surface area contributed by atoms with Crippen molar-refractivity contribution in [3.63, 3.8) is 0 Å². The lowest BCUT2D eigenvalue weighted by Gasteiger charge is -2.12. The Morgan fingerprint density at radius 3 is 2.36 bits per heavy atom. The number of halogens is 4. The summed E-state index contributed by atoms with van der Waals surface area (Å²) in [4.78, 5) is 42.0. The van der Waals surface area contributed by atoms with Crippen LogP contribution in [0.3, 0.4) is 0 Å². The van der Waals surface area contributed by atoms with Crippen molar-refractivity contribution in [3.05, 3.63) is 80.0 Å². The van der Waals surface area contributed by atoms with E-state index in [0.717, 1.165) is 21.3 Å². The first-order valence-electron chi connectivity index (χ1n) is 10.4. The summed E-state index contributed by atoms with van der Waals surface area (Å²) in [6, 6.07) is 11.3. The van der Waals surface area contributed by atoms with E-state index in [1.165, 1.54) is 30.7 Å². The van der Waals surface area contributed by atoms with Crippen LogP contribution < -0.4 is 20.7 Å². The predicted octanol–water partition coefficient (Wildman–Crippen LogP) is 3.88. The molecule has 0 aliphatic rings. The quantitative estimate of drug-likeness (QED) is 0.365. The number of carbonyl (C=O) groups is 1. The van der Waals surface area contributed by atoms with Crippen LogP contribution in [0.2, 0.25) is 5.02 Å². The maximum absolute atomic E-state index is 13.3. The van der Waals surface area contributed by atoms with Gasteiger partial charge in [0.1, 0.15) is 17.3 Å². The van der Waals surface area contributed by atoms with Crippen LogP contribution in [-0.4, -0.2) is 30.8 Å². The smallest absolute Gasteiger partial charge is 0.425 e. The van der Waals surface area contributed by atoms with Gasteiger partial charge in [0, 0.05) is 18.1 Å². The van der Waals surface area contributed by atoms with Gasteiger partial charge in [0.15, 0.2) is 11.2 Å². The van der Waals surface area contributed by atoms with E-state index in [1.54, 1.807) is 24.3 Å². The van der Waals surface area contributed by atoms with E-state index in [0.29, 0.717) is 10.6 Å². The van der Waals surface area contributed by atoms with E-state index in [4.69, 9.17) is 16.3 Å². The molecule has 0 radical (unpaired) electrons. The highest BCUT2D eigenvalue weighted by molar-refractivity contribution is 6.30. The maximum Gasteiger partial charge on any atom is 0.573 e. The number of hydrogen-bond acceptors (Lipinski definition) is 6. The summed E-state index contributed by atoms with van der Waals surface area (Å²) in [5.74, 6) is -0.981. The third-order valence-corrected chi connectivity index (χ3v) is 5.33. The molecule has 0 bridgehead atoms. The van der Waals surface area contributed by atoms with Crippen molar-refractivity contribution in [1.29, 1.82) is 0 Å². The van der Waals surface area contributed by atoms with E-state index < -0.39 is 35.7 Å². The lowest BCUT2D eigenvalue weighted by molar-refractivity contribution is -0.274. The van der Waals surface area contributed by atoms with E-state index in [1.807, 2.05) is 0 Å². The molecule has 188 valence electrons. The number of fused-ring (bicyclic) bond motifs is 1. The SMILES string of the molecule is CC(=O)Cn1c(=O)c2c(nc(Oc3cccc(OC(F)(F)F)c3)n2Cc2ccc(Cl)cc2)n(C)c1=O. The Balaban J connectivity index is 1.89. The zero-order chi connectivity index (χ0) is 26.2. The summed E-state index contributed by atoms with van der Waals surface area (Å²) in [5, 5.41) is 0.485. The Hall–Kier alpha value is -4.06. The van der Waals surface area contributed by atoms with Crippen molar-refractivity contribution in [2.45, 2.75) is 26.4 Å². The van der Waals surface area contributed by atoms with Crippen molar-refractivity contribution in [2.24, 2.45) is 7.05 Å². The molecular formula is C23H18ClF3N4O5. The van der Waals surface area contributed by atoms with Gasteiger partial charge < -0.3 is 9.47 Å². The highest BCUT2D eigenvalue weighted by Gasteiger charge is 2.31. The van der Waals surface area contributed by atoms with Crippen LogP contribution in [0.1, 0.15) is 12.5 Å². The first-order valence-corrected chi connectivity index (χ1v) is 10.8. The molecule has 0 N–H and O–H groups in total. The molecule has 0 unspecified atom stereocenters. The first kappa shape index (κ1) is 25.0. The Kier molecular flexibility index (Phi) is 6.63. The van der Waals surface area contributed by atoms with Crippen LogP contribution in [0.25, 0.3) is 11.2 Å². The number of carbonyl (C=O) groups excluding carboxylic acids is 1. The van der Waals surface area contributed by atoms with Crippen LogP contribution in [0.4, 0.5) is 13.2 Å². The Morgan fingerprint density at radius 1 is 1.06 bits per heavy atom. The average molecular weight is 523 g/mol. The average Bonchev–Trinajstić information content (AvgIpc) is 3.13. The van der Waals surface area contributed by atoms with Crippen molar-refractivity contribution in [2.75, 3.05) is 0 Å². The van der Waals surface area contributed by atoms with Gasteiger partial charge in [0.05, 0.1) is 13.1 Å². The molecule has 13 heteroatoms. The Labute approximate surface area is 205 Å². The predicted molar refractivity (Wildman–Crippen MR) is 124 cm³/mol. The lowest BCUT2D eigenvalue weighted by Crippen LogP contribution is -2.41. The molecule has 0 atom stereocenters. The summed E-state index contributed by atoms with van der Waals surface area (Å²) in [5.41, 5.74) is -0.911. The second kappa shape index (κ2) is 9.53. The monoisotopic (exact) mass is 522 g/mol. The number of ketones is 1. The van der Waals surface area contributed by atoms with Gasteiger partial charge in [-0.1, -0.05) is 29.8 Å². The molecule has 2 heterocycles. The molecule has 2 aromatic heterocycles. The van der Waals surface area contributed by atoms with Gasteiger partial charge in [-0.05, 0) is 36.8 Å². The van der Waals surface area contributed by atoms with Crippen LogP contribution in [-0.2, 0) is 24.9 Å². The fourth-order valence-electron chi connectivity index (χ4n) is 3.55. The number of aromatic nitrogens is 4. The molecule has 0 spiro atoms. The zero-order valence-corrected chi connectivity index (χ0v) is 19.6. The van der Waals surface area contributed by atoms with Crippen molar-refractivity contribution < 1.29 is 27.4 Å². The number of imidazole rings is 1. The van der Waals surface area contributed by atoms with Gasteiger partial charge in [-0.3, -0.25) is 23.3 Å². The maximum atomic E-state index is 13.3. The molecule has 0 aliphatic heterocycles. The van der Waals surface area contributed by atoms with Crippen molar-refractivity contribution >= 4 is 28.5 Å². The lowest BCUT2D eigenvalue weighted by atomic mass is 10.2. The summed E-state index contributed by atoms with van der Waals surface area (Å²) in [6.07, 6.45) is -4.90. The van der Waals surface area contributed by atoms with Gasteiger partial charge in [0.25, 0.3) is 5.56 Å². The fraction of sp³-hybridized carbons (Fsp3) is 0.217. The van der Waals surface area contributed by atoms with Crippen LogP contribution in [0, 0.1) is 0 Å². The topological polar surface area (TPSA) is 97.3 Å². The number of rotatable bonds is 7. The first-order chi connectivity index (χ1) is 16.9. The number of hydrogen-bond donors (Lipinski definition) is 0. The van der Waals surface area contributed by atoms with Crippen LogP contribution >= 0.6 is 11.6 Å². The summed E-state index contributed by atoms with van der Waals surface area (Å²) >= 11 is 5.96. The second-order valence-electron chi connectivity index (χ2n) is 7.84. The fourth-order valence-corrected chi connectivity index (χ4v) is 3.68. The van der Waals surface area contributed by atoms with E-state index >= 15 is 0 Å². The molecule has 4 aromatic rings. The largest absolute Gasteiger partial charge is 0.573 e. The molecule has 0 aliphatic carbocycles. The van der Waals surface area contributed by atoms with Gasteiger partial charge in [-0.25, -0.2) is 4.79 Å². The molecule has 0 saturated heterocycles. The molecule has 0 saturated carbocycles. The summed E-state index contributed by atoms with van der Waals surface area (Å²) < 4.78 is 50.9. The molecule has 4 rings (SSSR count). The van der Waals surface area contributed by atoms with Gasteiger partial charge >= 0.3 is 18.1 Å². The second-order valence-corrected chi connectivity index (χ2v) is 8.28. The van der Waals surface area contributed by atoms with Crippen molar-refractivity contribution in [3.8, 4) is 17.5 Å². The Bertz CT molecular complexity index is 1570. The zero-order valence-electron chi connectivity index (χ0n) is 18.9. The van der Waals surface area contributed by atoms with E-state index in [-0.39, 0.29) is 29.5 Å². The molecular weight excluding hydrogens is 505 g/mol. The number of alkyl halides is 3. The van der Waals surface area contributed by atoms with E-state index in [9.17, 15) is 27.6 Å². The summed E-state index contributed by atoms with van der Waals surface area (Å²) in [6.45, 7) is 0.835. The van der Waals surface area contributed by atoms with Gasteiger partial charge in [-0.15, -0.1) is 13.2 Å². The normalized spacial score (nSPS) is 11.6. The van der Waals surface area contributed by atoms with Crippen molar-refractivity contribution in [1.82, 2.24) is 18.7 Å². The summed E-state index contributed by atoms with van der Waals surface area (Å²) in [7, 11) is 1.38.